The van der Waals surface area contributed by atoms with Gasteiger partial charge in [-0.15, -0.1) is 0 Å². The van der Waals surface area contributed by atoms with Crippen LogP contribution in [0.5, 0.6) is 5.75 Å². The van der Waals surface area contributed by atoms with Gasteiger partial charge >= 0.3 is 0 Å². The van der Waals surface area contributed by atoms with E-state index in [0.717, 1.165) is 16.1 Å². The quantitative estimate of drug-likeness (QED) is 0.571. The molecular formula is C18H26N4O6S. The summed E-state index contributed by atoms with van der Waals surface area (Å²) in [5, 5.41) is 5.16. The number of rotatable bonds is 7. The smallest absolute Gasteiger partial charge is 0.247 e. The van der Waals surface area contributed by atoms with Crippen molar-refractivity contribution in [3.63, 3.8) is 0 Å². The van der Waals surface area contributed by atoms with Crippen molar-refractivity contribution in [2.45, 2.75) is 19.0 Å². The van der Waals surface area contributed by atoms with Gasteiger partial charge in [-0.25, -0.2) is 8.42 Å². The molecule has 0 saturated carbocycles. The van der Waals surface area contributed by atoms with Crippen LogP contribution in [0, 0.1) is 0 Å². The number of piperazine rings is 1. The minimum Gasteiger partial charge on any atom is -0.497 e. The van der Waals surface area contributed by atoms with Crippen LogP contribution in [0.2, 0.25) is 0 Å². The van der Waals surface area contributed by atoms with Crippen molar-refractivity contribution in [3.05, 3.63) is 29.8 Å². The van der Waals surface area contributed by atoms with E-state index < -0.39 is 33.3 Å². The minimum atomic E-state index is -3.65. The first kappa shape index (κ1) is 22.6. The molecule has 10 nitrogen and oxygen atoms in total. The maximum Gasteiger partial charge on any atom is 0.247 e. The number of methoxy groups -OCH3 is 1. The Labute approximate surface area is 170 Å². The zero-order chi connectivity index (χ0) is 21.8. The predicted molar refractivity (Wildman–Crippen MR) is 105 cm³/mol. The van der Waals surface area contributed by atoms with Gasteiger partial charge in [-0.1, -0.05) is 12.1 Å². The summed E-state index contributed by atoms with van der Waals surface area (Å²) in [5.41, 5.74) is -0.594. The summed E-state index contributed by atoms with van der Waals surface area (Å²) in [6.07, 6.45) is 0.982. The van der Waals surface area contributed by atoms with Crippen LogP contribution < -0.4 is 15.4 Å². The Bertz CT molecular complexity index is 903. The molecule has 3 amide bonds. The number of hydrogen-bond donors (Lipinski definition) is 2. The first-order chi connectivity index (χ1) is 13.5. The highest BCUT2D eigenvalue weighted by Crippen LogP contribution is 2.22. The van der Waals surface area contributed by atoms with Crippen molar-refractivity contribution in [2.75, 3.05) is 40.0 Å². The van der Waals surface area contributed by atoms with Crippen LogP contribution >= 0.6 is 0 Å². The largest absolute Gasteiger partial charge is 0.497 e. The van der Waals surface area contributed by atoms with Crippen LogP contribution in [-0.2, 0) is 31.0 Å². The Morgan fingerprint density at radius 3 is 2.59 bits per heavy atom. The molecule has 1 aliphatic rings. The van der Waals surface area contributed by atoms with Crippen LogP contribution in [0.4, 0.5) is 0 Å². The van der Waals surface area contributed by atoms with Gasteiger partial charge in [0, 0.05) is 20.1 Å². The number of nitrogens with zero attached hydrogens (tertiary/aromatic N) is 2. The van der Waals surface area contributed by atoms with Crippen LogP contribution in [-0.4, -0.2) is 80.9 Å². The first-order valence-corrected chi connectivity index (χ1v) is 10.7. The number of amides is 3. The second-order valence-corrected chi connectivity index (χ2v) is 9.05. The van der Waals surface area contributed by atoms with Crippen molar-refractivity contribution in [3.8, 4) is 5.75 Å². The molecule has 0 unspecified atom stereocenters. The van der Waals surface area contributed by atoms with Crippen molar-refractivity contribution in [2.24, 2.45) is 0 Å². The lowest BCUT2D eigenvalue weighted by molar-refractivity contribution is -0.150. The third kappa shape index (κ3) is 5.45. The fourth-order valence-electron chi connectivity index (χ4n) is 2.89. The maximum atomic E-state index is 12.7. The molecule has 0 radical (unpaired) electrons. The maximum absolute atomic E-state index is 12.7. The van der Waals surface area contributed by atoms with Crippen LogP contribution in [0.25, 0.3) is 0 Å². The van der Waals surface area contributed by atoms with Crippen molar-refractivity contribution in [1.82, 2.24) is 19.8 Å². The molecule has 1 aliphatic heterocycles. The zero-order valence-electron chi connectivity index (χ0n) is 16.9. The van der Waals surface area contributed by atoms with Gasteiger partial charge in [0.25, 0.3) is 0 Å². The average molecular weight is 426 g/mol. The van der Waals surface area contributed by atoms with Gasteiger partial charge in [0.15, 0.2) is 0 Å². The van der Waals surface area contributed by atoms with E-state index in [9.17, 15) is 22.8 Å². The molecule has 29 heavy (non-hydrogen) atoms. The number of sulfonamides is 1. The Kier molecular flexibility index (Phi) is 6.85. The van der Waals surface area contributed by atoms with Crippen molar-refractivity contribution >= 4 is 27.7 Å². The molecule has 1 aromatic carbocycles. The molecule has 1 aromatic rings. The number of nitrogens with one attached hydrogen (secondary N) is 2. The average Bonchev–Trinajstić information content (AvgIpc) is 2.67. The third-order valence-corrected chi connectivity index (χ3v) is 6.10. The predicted octanol–water partition coefficient (Wildman–Crippen LogP) is -1.08. The van der Waals surface area contributed by atoms with Gasteiger partial charge in [0.1, 0.15) is 11.3 Å². The molecule has 0 aliphatic carbocycles. The molecule has 0 bridgehead atoms. The van der Waals surface area contributed by atoms with Gasteiger partial charge in [-0.3, -0.25) is 14.4 Å². The summed E-state index contributed by atoms with van der Waals surface area (Å²) in [6.45, 7) is 0.902. The highest BCUT2D eigenvalue weighted by molar-refractivity contribution is 7.88. The summed E-state index contributed by atoms with van der Waals surface area (Å²) < 4.78 is 29.7. The second kappa shape index (κ2) is 8.78. The Hall–Kier alpha value is -2.66. The van der Waals surface area contributed by atoms with E-state index in [1.54, 1.807) is 25.3 Å². The molecule has 1 heterocycles. The number of likely N-dealkylation sites (N-methyl/N-ethyl adjacent to an activating group) is 1. The molecule has 1 fully saturated rings. The fourth-order valence-corrected chi connectivity index (χ4v) is 3.72. The molecule has 160 valence electrons. The van der Waals surface area contributed by atoms with Crippen molar-refractivity contribution in [1.29, 1.82) is 0 Å². The number of carbonyl (C=O) groups is 3. The van der Waals surface area contributed by atoms with E-state index in [4.69, 9.17) is 4.74 Å². The molecule has 2 N–H and O–H groups in total. The lowest BCUT2D eigenvalue weighted by Crippen LogP contribution is -2.68. The molecule has 1 atom stereocenters. The summed E-state index contributed by atoms with van der Waals surface area (Å²) in [5.74, 6) is -0.868. The topological polar surface area (TPSA) is 125 Å². The van der Waals surface area contributed by atoms with Gasteiger partial charge in [0.05, 0.1) is 26.5 Å². The third-order valence-electron chi connectivity index (χ3n) is 4.90. The minimum absolute atomic E-state index is 0.189. The van der Waals surface area contributed by atoms with Gasteiger partial charge in [-0.05, 0) is 24.6 Å². The van der Waals surface area contributed by atoms with E-state index in [0.29, 0.717) is 5.75 Å². The molecule has 0 aromatic heterocycles. The molecule has 1 saturated heterocycles. The number of hydrogen-bond acceptors (Lipinski definition) is 6. The van der Waals surface area contributed by atoms with Gasteiger partial charge < -0.3 is 20.3 Å². The monoisotopic (exact) mass is 426 g/mol. The van der Waals surface area contributed by atoms with Crippen LogP contribution in [0.3, 0.4) is 0 Å². The normalized spacial score (nSPS) is 20.3. The summed E-state index contributed by atoms with van der Waals surface area (Å²) in [7, 11) is -0.665. The first-order valence-electron chi connectivity index (χ1n) is 8.87. The summed E-state index contributed by atoms with van der Waals surface area (Å²) >= 11 is 0. The highest BCUT2D eigenvalue weighted by atomic mass is 32.2. The lowest BCUT2D eigenvalue weighted by atomic mass is 9.96. The fraction of sp³-hybridized carbons (Fsp3) is 0.500. The standard InChI is InChI=1S/C18H26N4O6S/c1-18(12-22(29(4,26)27)11-16(24)21(18)2)17(25)20-10-15(23)19-9-13-6-5-7-14(8-13)28-3/h5-8H,9-12H2,1-4H3,(H,19,23)(H,20,25)/t18-/m1/s1. The Morgan fingerprint density at radius 2 is 1.97 bits per heavy atom. The highest BCUT2D eigenvalue weighted by Gasteiger charge is 2.47. The molecule has 11 heteroatoms. The van der Waals surface area contributed by atoms with Crippen molar-refractivity contribution < 1.29 is 27.5 Å². The zero-order valence-corrected chi connectivity index (χ0v) is 17.7. The summed E-state index contributed by atoms with van der Waals surface area (Å²) in [4.78, 5) is 38.2. The SMILES string of the molecule is COc1cccc(CNC(=O)CNC(=O)[C@@]2(C)CN(S(C)(=O)=O)CC(=O)N2C)c1. The Morgan fingerprint density at radius 1 is 1.28 bits per heavy atom. The van der Waals surface area contributed by atoms with E-state index in [-0.39, 0.29) is 26.2 Å². The van der Waals surface area contributed by atoms with Gasteiger partial charge in [-0.2, -0.15) is 4.31 Å². The molecule has 2 rings (SSSR count). The van der Waals surface area contributed by atoms with E-state index >= 15 is 0 Å². The van der Waals surface area contributed by atoms with Crippen LogP contribution in [0.15, 0.2) is 24.3 Å². The summed E-state index contributed by atoms with van der Waals surface area (Å²) in [6, 6.07) is 7.19. The van der Waals surface area contributed by atoms with E-state index in [1.165, 1.54) is 18.9 Å². The number of ether oxygens (including phenoxy) is 1. The Balaban J connectivity index is 1.95. The lowest BCUT2D eigenvalue weighted by Gasteiger charge is -2.44. The second-order valence-electron chi connectivity index (χ2n) is 7.07. The van der Waals surface area contributed by atoms with Crippen LogP contribution in [0.1, 0.15) is 12.5 Å². The van der Waals surface area contributed by atoms with Gasteiger partial charge in [0.2, 0.25) is 27.7 Å². The van der Waals surface area contributed by atoms with E-state index in [1.807, 2.05) is 6.07 Å². The molecule has 0 spiro atoms. The number of benzene rings is 1. The number of carbonyl (C=O) groups excluding carboxylic acids is 3. The van der Waals surface area contributed by atoms with E-state index in [2.05, 4.69) is 10.6 Å². The molecular weight excluding hydrogens is 400 g/mol.